The Balaban J connectivity index is 2.27. The van der Waals surface area contributed by atoms with Gasteiger partial charge in [-0.2, -0.15) is 0 Å². The molecule has 16 heavy (non-hydrogen) atoms. The molecule has 0 fully saturated rings. The van der Waals surface area contributed by atoms with Gasteiger partial charge >= 0.3 is 0 Å². The highest BCUT2D eigenvalue weighted by Gasteiger charge is 2.28. The molecule has 0 aromatic heterocycles. The topological polar surface area (TPSA) is 9.23 Å². The molecule has 0 aromatic rings. The molecular formula is C13H26OSi2. The Morgan fingerprint density at radius 2 is 1.88 bits per heavy atom. The van der Waals surface area contributed by atoms with Crippen LogP contribution in [0.3, 0.4) is 0 Å². The van der Waals surface area contributed by atoms with Crippen molar-refractivity contribution in [2.45, 2.75) is 58.0 Å². The predicted molar refractivity (Wildman–Crippen MR) is 77.8 cm³/mol. The van der Waals surface area contributed by atoms with Gasteiger partial charge in [-0.05, 0) is 58.0 Å². The molecule has 0 bridgehead atoms. The number of hydrogen-bond donors (Lipinski definition) is 0. The van der Waals surface area contributed by atoms with Crippen LogP contribution in [0.25, 0.3) is 0 Å². The van der Waals surface area contributed by atoms with Crippen LogP contribution in [0.1, 0.15) is 19.3 Å². The summed E-state index contributed by atoms with van der Waals surface area (Å²) in [6.45, 7) is 11.6. The molecule has 0 saturated carbocycles. The third-order valence-electron chi connectivity index (χ3n) is 2.67. The lowest BCUT2D eigenvalue weighted by molar-refractivity contribution is 0.544. The van der Waals surface area contributed by atoms with Crippen LogP contribution in [-0.4, -0.2) is 16.6 Å². The highest BCUT2D eigenvalue weighted by Crippen LogP contribution is 2.23. The second kappa shape index (κ2) is 5.47. The van der Waals surface area contributed by atoms with E-state index in [1.807, 2.05) is 0 Å². The van der Waals surface area contributed by atoms with Crippen LogP contribution in [0.4, 0.5) is 0 Å². The first-order valence-corrected chi connectivity index (χ1v) is 12.9. The van der Waals surface area contributed by atoms with E-state index in [0.717, 1.165) is 6.42 Å². The molecule has 0 aromatic carbocycles. The second-order valence-electron chi connectivity index (χ2n) is 6.24. The summed E-state index contributed by atoms with van der Waals surface area (Å²) >= 11 is 0. The summed E-state index contributed by atoms with van der Waals surface area (Å²) in [6, 6.07) is 1.29. The van der Waals surface area contributed by atoms with Crippen LogP contribution in [0.2, 0.25) is 38.8 Å². The quantitative estimate of drug-likeness (QED) is 0.624. The Morgan fingerprint density at radius 1 is 1.19 bits per heavy atom. The van der Waals surface area contributed by atoms with Crippen molar-refractivity contribution < 1.29 is 4.12 Å². The third kappa shape index (κ3) is 5.82. The van der Waals surface area contributed by atoms with E-state index in [4.69, 9.17) is 4.12 Å². The molecule has 0 unspecified atom stereocenters. The molecule has 0 heterocycles. The summed E-state index contributed by atoms with van der Waals surface area (Å²) in [5.74, 6) is 0. The molecule has 1 aliphatic carbocycles. The average molecular weight is 255 g/mol. The molecule has 0 amide bonds. The molecule has 0 N–H and O–H groups in total. The van der Waals surface area contributed by atoms with E-state index in [2.05, 4.69) is 51.0 Å². The van der Waals surface area contributed by atoms with E-state index in [9.17, 15) is 0 Å². The van der Waals surface area contributed by atoms with Gasteiger partial charge in [0.2, 0.25) is 0 Å². The van der Waals surface area contributed by atoms with Crippen LogP contribution < -0.4 is 0 Å². The summed E-state index contributed by atoms with van der Waals surface area (Å²) in [6.07, 6.45) is 10.5. The van der Waals surface area contributed by atoms with Crippen molar-refractivity contribution in [2.24, 2.45) is 0 Å². The first-order valence-electron chi connectivity index (χ1n) is 6.34. The molecule has 0 atom stereocenters. The van der Waals surface area contributed by atoms with E-state index in [1.54, 1.807) is 0 Å². The van der Waals surface area contributed by atoms with Crippen LogP contribution in [-0.2, 0) is 4.12 Å². The van der Waals surface area contributed by atoms with Gasteiger partial charge in [-0.1, -0.05) is 23.8 Å². The Morgan fingerprint density at radius 3 is 2.38 bits per heavy atom. The molecule has 1 nitrogen and oxygen atoms in total. The summed E-state index contributed by atoms with van der Waals surface area (Å²) in [5.41, 5.74) is 1.53. The van der Waals surface area contributed by atoms with Crippen LogP contribution in [0.15, 0.2) is 23.8 Å². The summed E-state index contributed by atoms with van der Waals surface area (Å²) in [5, 5.41) is 0. The fourth-order valence-electron chi connectivity index (χ4n) is 2.29. The normalized spacial score (nSPS) is 16.7. The summed E-state index contributed by atoms with van der Waals surface area (Å²) in [7, 11) is -2.74. The maximum Gasteiger partial charge on any atom is 0.173 e. The molecular weight excluding hydrogens is 228 g/mol. The van der Waals surface area contributed by atoms with Gasteiger partial charge in [0.1, 0.15) is 0 Å². The van der Waals surface area contributed by atoms with Gasteiger partial charge in [0, 0.05) is 0 Å². The minimum Gasteiger partial charge on any atom is -0.456 e. The Hall–Kier alpha value is -0.126. The van der Waals surface area contributed by atoms with Gasteiger partial charge in [-0.3, -0.25) is 0 Å². The zero-order valence-corrected chi connectivity index (χ0v) is 13.5. The molecule has 1 rings (SSSR count). The zero-order valence-electron chi connectivity index (χ0n) is 11.5. The second-order valence-corrected chi connectivity index (χ2v) is 15.3. The Labute approximate surface area is 103 Å². The molecule has 0 radical (unpaired) electrons. The summed E-state index contributed by atoms with van der Waals surface area (Å²) in [4.78, 5) is 0. The first kappa shape index (κ1) is 13.9. The van der Waals surface area contributed by atoms with Crippen molar-refractivity contribution in [3.05, 3.63) is 23.8 Å². The lowest BCUT2D eigenvalue weighted by Gasteiger charge is -2.31. The average Bonchev–Trinajstić information content (AvgIpc) is 2.51. The van der Waals surface area contributed by atoms with Gasteiger partial charge < -0.3 is 4.12 Å². The largest absolute Gasteiger partial charge is 0.456 e. The number of allylic oxidation sites excluding steroid dienone is 4. The van der Waals surface area contributed by atoms with Crippen molar-refractivity contribution in [2.75, 3.05) is 0 Å². The third-order valence-corrected chi connectivity index (χ3v) is 8.89. The monoisotopic (exact) mass is 254 g/mol. The lowest BCUT2D eigenvalue weighted by atomic mass is 10.2. The van der Waals surface area contributed by atoms with Crippen molar-refractivity contribution in [3.8, 4) is 0 Å². The van der Waals surface area contributed by atoms with E-state index >= 15 is 0 Å². The standard InChI is InChI=1S/C13H26OSi2/c1-15(2,3)14-16(4,5)12-8-11-13-9-6-7-10-13/h6,9-10H,7-8,11-12H2,1-5H3. The smallest absolute Gasteiger partial charge is 0.173 e. The number of hydrogen-bond acceptors (Lipinski definition) is 1. The van der Waals surface area contributed by atoms with Crippen molar-refractivity contribution in [1.29, 1.82) is 0 Å². The van der Waals surface area contributed by atoms with Crippen molar-refractivity contribution in [1.82, 2.24) is 0 Å². The van der Waals surface area contributed by atoms with E-state index in [-0.39, 0.29) is 0 Å². The Bertz CT molecular complexity index is 285. The minimum absolute atomic E-state index is 1.14. The van der Waals surface area contributed by atoms with Crippen molar-refractivity contribution >= 4 is 16.6 Å². The predicted octanol–water partition coefficient (Wildman–Crippen LogP) is 4.71. The molecule has 0 saturated heterocycles. The molecule has 0 aliphatic heterocycles. The van der Waals surface area contributed by atoms with Crippen molar-refractivity contribution in [3.63, 3.8) is 0 Å². The van der Waals surface area contributed by atoms with Crippen LogP contribution in [0, 0.1) is 0 Å². The minimum atomic E-state index is -1.40. The molecule has 92 valence electrons. The maximum absolute atomic E-state index is 6.33. The highest BCUT2D eigenvalue weighted by atomic mass is 28.4. The van der Waals surface area contributed by atoms with E-state index < -0.39 is 16.6 Å². The highest BCUT2D eigenvalue weighted by molar-refractivity contribution is 6.84. The Kier molecular flexibility index (Phi) is 4.77. The SMILES string of the molecule is C[Si](C)(C)O[Si](C)(C)CCCC1=CCC=C1. The fourth-order valence-corrected chi connectivity index (χ4v) is 10.4. The van der Waals surface area contributed by atoms with Crippen LogP contribution in [0.5, 0.6) is 0 Å². The van der Waals surface area contributed by atoms with Gasteiger partial charge in [0.15, 0.2) is 16.6 Å². The molecule has 3 heteroatoms. The molecule has 0 spiro atoms. The zero-order chi connectivity index (χ0) is 12.2. The van der Waals surface area contributed by atoms with Gasteiger partial charge in [0.25, 0.3) is 0 Å². The summed E-state index contributed by atoms with van der Waals surface area (Å²) < 4.78 is 6.33. The van der Waals surface area contributed by atoms with E-state index in [0.29, 0.717) is 0 Å². The lowest BCUT2D eigenvalue weighted by Crippen LogP contribution is -2.42. The fraction of sp³-hybridized carbons (Fsp3) is 0.692. The van der Waals surface area contributed by atoms with Gasteiger partial charge in [-0.25, -0.2) is 0 Å². The molecule has 1 aliphatic rings. The van der Waals surface area contributed by atoms with Crippen LogP contribution >= 0.6 is 0 Å². The van der Waals surface area contributed by atoms with Gasteiger partial charge in [-0.15, -0.1) is 0 Å². The maximum atomic E-state index is 6.33. The first-order chi connectivity index (χ1) is 7.29. The van der Waals surface area contributed by atoms with Gasteiger partial charge in [0.05, 0.1) is 0 Å². The van der Waals surface area contributed by atoms with E-state index in [1.165, 1.54) is 24.5 Å². The number of rotatable bonds is 6.